The predicted octanol–water partition coefficient (Wildman–Crippen LogP) is 5.24. The number of carbonyl (C=O) groups is 3. The Balaban J connectivity index is 1.31. The highest BCUT2D eigenvalue weighted by Gasteiger charge is 2.27. The molecule has 4 amide bonds. The molecule has 0 spiro atoms. The van der Waals surface area contributed by atoms with Gasteiger partial charge in [0.1, 0.15) is 5.75 Å². The molecule has 3 aromatic carbocycles. The highest BCUT2D eigenvalue weighted by Crippen LogP contribution is 2.29. The zero-order valence-electron chi connectivity index (χ0n) is 23.7. The van der Waals surface area contributed by atoms with Crippen molar-refractivity contribution in [2.24, 2.45) is 0 Å². The highest BCUT2D eigenvalue weighted by molar-refractivity contribution is 6.06. The first-order valence-electron chi connectivity index (χ1n) is 14.2. The monoisotopic (exact) mass is 555 g/mol. The second-order valence-electron chi connectivity index (χ2n) is 10.5. The van der Waals surface area contributed by atoms with Crippen LogP contribution in [0.2, 0.25) is 0 Å². The molecule has 2 aliphatic rings. The maximum absolute atomic E-state index is 13.7. The number of likely N-dealkylation sites (tertiary alicyclic amines) is 1. The van der Waals surface area contributed by atoms with Crippen molar-refractivity contribution >= 4 is 34.9 Å². The van der Waals surface area contributed by atoms with Crippen molar-refractivity contribution in [3.05, 3.63) is 83.4 Å². The molecule has 0 aromatic heterocycles. The van der Waals surface area contributed by atoms with E-state index < -0.39 is 0 Å². The number of amides is 4. The summed E-state index contributed by atoms with van der Waals surface area (Å²) in [5, 5.41) is 5.91. The van der Waals surface area contributed by atoms with Gasteiger partial charge in [0.15, 0.2) is 0 Å². The van der Waals surface area contributed by atoms with E-state index in [-0.39, 0.29) is 17.8 Å². The number of urea groups is 1. The number of piperazine rings is 1. The van der Waals surface area contributed by atoms with Gasteiger partial charge < -0.3 is 30.1 Å². The topological polar surface area (TPSA) is 94.2 Å². The number of hydrogen-bond donors (Lipinski definition) is 2. The third-order valence-electron chi connectivity index (χ3n) is 7.69. The zero-order valence-corrected chi connectivity index (χ0v) is 23.7. The van der Waals surface area contributed by atoms with Gasteiger partial charge >= 0.3 is 6.03 Å². The van der Waals surface area contributed by atoms with E-state index in [0.29, 0.717) is 48.7 Å². The van der Waals surface area contributed by atoms with E-state index in [2.05, 4.69) is 15.5 Å². The first-order valence-corrected chi connectivity index (χ1v) is 14.2. The fourth-order valence-corrected chi connectivity index (χ4v) is 5.26. The van der Waals surface area contributed by atoms with Crippen molar-refractivity contribution in [1.29, 1.82) is 0 Å². The van der Waals surface area contributed by atoms with Crippen molar-refractivity contribution in [3.8, 4) is 5.75 Å². The van der Waals surface area contributed by atoms with Gasteiger partial charge in [0.05, 0.1) is 12.7 Å². The molecule has 0 unspecified atom stereocenters. The molecular weight excluding hydrogens is 518 g/mol. The maximum atomic E-state index is 13.7. The van der Waals surface area contributed by atoms with E-state index in [1.54, 1.807) is 42.3 Å². The minimum absolute atomic E-state index is 0.0280. The van der Waals surface area contributed by atoms with Crippen molar-refractivity contribution in [3.63, 3.8) is 0 Å². The first kappa shape index (κ1) is 28.0. The summed E-state index contributed by atoms with van der Waals surface area (Å²) in [6.45, 7) is 5.73. The Morgan fingerprint density at radius 1 is 0.707 bits per heavy atom. The molecule has 0 atom stereocenters. The van der Waals surface area contributed by atoms with Gasteiger partial charge in [-0.1, -0.05) is 17.7 Å². The number of hydrogen-bond acceptors (Lipinski definition) is 5. The van der Waals surface area contributed by atoms with Crippen molar-refractivity contribution < 1.29 is 19.1 Å². The Labute approximate surface area is 241 Å². The van der Waals surface area contributed by atoms with Crippen LogP contribution in [0.25, 0.3) is 0 Å². The van der Waals surface area contributed by atoms with E-state index >= 15 is 0 Å². The summed E-state index contributed by atoms with van der Waals surface area (Å²) in [5.74, 6) is 0.387. The fraction of sp³-hybridized carbons (Fsp3) is 0.344. The molecule has 0 radical (unpaired) electrons. The molecule has 2 fully saturated rings. The van der Waals surface area contributed by atoms with E-state index in [0.717, 1.165) is 49.3 Å². The molecule has 2 saturated heterocycles. The maximum Gasteiger partial charge on any atom is 0.321 e. The summed E-state index contributed by atoms with van der Waals surface area (Å²) in [6.07, 6.45) is 3.11. The van der Waals surface area contributed by atoms with Crippen LogP contribution in [-0.2, 0) is 0 Å². The van der Waals surface area contributed by atoms with E-state index in [4.69, 9.17) is 4.74 Å². The summed E-state index contributed by atoms with van der Waals surface area (Å²) >= 11 is 0. The summed E-state index contributed by atoms with van der Waals surface area (Å²) in [4.78, 5) is 45.4. The van der Waals surface area contributed by atoms with Crippen molar-refractivity contribution in [2.45, 2.75) is 26.2 Å². The molecule has 0 aliphatic carbocycles. The molecule has 5 rings (SSSR count). The second-order valence-corrected chi connectivity index (χ2v) is 10.5. The second kappa shape index (κ2) is 12.8. The van der Waals surface area contributed by atoms with Gasteiger partial charge in [0.2, 0.25) is 0 Å². The predicted molar refractivity (Wildman–Crippen MR) is 161 cm³/mol. The number of nitrogens with one attached hydrogen (secondary N) is 2. The quantitative estimate of drug-likeness (QED) is 0.434. The Kier molecular flexibility index (Phi) is 8.72. The van der Waals surface area contributed by atoms with Gasteiger partial charge in [-0.25, -0.2) is 4.79 Å². The Bertz CT molecular complexity index is 1380. The molecule has 0 saturated carbocycles. The van der Waals surface area contributed by atoms with Gasteiger partial charge in [-0.15, -0.1) is 0 Å². The Morgan fingerprint density at radius 3 is 2.02 bits per heavy atom. The number of nitrogens with zero attached hydrogens (tertiary/aromatic N) is 3. The number of anilines is 3. The summed E-state index contributed by atoms with van der Waals surface area (Å²) in [5.41, 5.74) is 4.35. The zero-order chi connectivity index (χ0) is 28.8. The lowest BCUT2D eigenvalue weighted by Gasteiger charge is -2.37. The number of rotatable bonds is 6. The number of methoxy groups -OCH3 is 1. The van der Waals surface area contributed by atoms with Crippen LogP contribution in [0.3, 0.4) is 0 Å². The van der Waals surface area contributed by atoms with Crippen LogP contribution >= 0.6 is 0 Å². The molecular formula is C32H37N5O4. The minimum atomic E-state index is -0.259. The molecule has 214 valence electrons. The lowest BCUT2D eigenvalue weighted by atomic mass is 10.1. The third kappa shape index (κ3) is 6.80. The van der Waals surface area contributed by atoms with Crippen molar-refractivity contribution in [1.82, 2.24) is 9.80 Å². The molecule has 41 heavy (non-hydrogen) atoms. The number of carbonyl (C=O) groups excluding carboxylic acids is 3. The van der Waals surface area contributed by atoms with Crippen LogP contribution in [-0.4, -0.2) is 74.0 Å². The van der Waals surface area contributed by atoms with Crippen LogP contribution < -0.4 is 20.3 Å². The summed E-state index contributed by atoms with van der Waals surface area (Å²) < 4.78 is 5.18. The summed E-state index contributed by atoms with van der Waals surface area (Å²) in [7, 11) is 1.58. The Hall–Kier alpha value is -4.53. The number of piperidine rings is 1. The molecule has 2 heterocycles. The standard InChI is InChI=1S/C32H37N5O4/c1-23-6-10-25(11-7-23)34-32(40)37-20-18-35(19-21-37)29-15-12-26(22-28(29)31(39)36-16-4-3-5-17-36)33-30(38)24-8-13-27(41-2)14-9-24/h6-15,22H,3-5,16-21H2,1-2H3,(H,33,38)(H,34,40). The third-order valence-corrected chi connectivity index (χ3v) is 7.69. The molecule has 0 bridgehead atoms. The first-order chi connectivity index (χ1) is 19.9. The SMILES string of the molecule is COc1ccc(C(=O)Nc2ccc(N3CCN(C(=O)Nc4ccc(C)cc4)CC3)c(C(=O)N3CCCCC3)c2)cc1. The summed E-state index contributed by atoms with van der Waals surface area (Å²) in [6, 6.07) is 20.0. The lowest BCUT2D eigenvalue weighted by Crippen LogP contribution is -2.50. The normalized spacial score (nSPS) is 15.3. The molecule has 2 N–H and O–H groups in total. The van der Waals surface area contributed by atoms with Gasteiger partial charge in [-0.2, -0.15) is 0 Å². The van der Waals surface area contributed by atoms with Gasteiger partial charge in [0.25, 0.3) is 11.8 Å². The van der Waals surface area contributed by atoms with Crippen LogP contribution in [0.4, 0.5) is 21.9 Å². The Morgan fingerprint density at radius 2 is 1.37 bits per heavy atom. The van der Waals surface area contributed by atoms with Gasteiger partial charge in [-0.3, -0.25) is 9.59 Å². The smallest absolute Gasteiger partial charge is 0.321 e. The largest absolute Gasteiger partial charge is 0.497 e. The highest BCUT2D eigenvalue weighted by atomic mass is 16.5. The average molecular weight is 556 g/mol. The van der Waals surface area contributed by atoms with Crippen LogP contribution in [0.5, 0.6) is 5.75 Å². The van der Waals surface area contributed by atoms with E-state index in [1.807, 2.05) is 48.2 Å². The molecule has 3 aromatic rings. The van der Waals surface area contributed by atoms with E-state index in [1.165, 1.54) is 0 Å². The van der Waals surface area contributed by atoms with Gasteiger partial charge in [-0.05, 0) is 80.8 Å². The van der Waals surface area contributed by atoms with Crippen molar-refractivity contribution in [2.75, 3.05) is 61.9 Å². The molecule has 9 nitrogen and oxygen atoms in total. The molecule has 9 heteroatoms. The minimum Gasteiger partial charge on any atom is -0.497 e. The average Bonchev–Trinajstić information content (AvgIpc) is 3.02. The number of aryl methyl sites for hydroxylation is 1. The van der Waals surface area contributed by atoms with Crippen LogP contribution in [0, 0.1) is 6.92 Å². The number of benzene rings is 3. The number of ether oxygens (including phenoxy) is 1. The van der Waals surface area contributed by atoms with Crippen LogP contribution in [0.1, 0.15) is 45.5 Å². The lowest BCUT2D eigenvalue weighted by molar-refractivity contribution is 0.0724. The van der Waals surface area contributed by atoms with E-state index in [9.17, 15) is 14.4 Å². The van der Waals surface area contributed by atoms with Gasteiger partial charge in [0, 0.05) is 61.9 Å². The molecule has 2 aliphatic heterocycles. The fourth-order valence-electron chi connectivity index (χ4n) is 5.26. The van der Waals surface area contributed by atoms with Crippen LogP contribution in [0.15, 0.2) is 66.7 Å².